The van der Waals surface area contributed by atoms with Crippen LogP contribution in [0.1, 0.15) is 5.56 Å². The van der Waals surface area contributed by atoms with E-state index in [4.69, 9.17) is 9.84 Å². The molecule has 2 aromatic rings. The van der Waals surface area contributed by atoms with E-state index in [1.54, 1.807) is 12.1 Å². The summed E-state index contributed by atoms with van der Waals surface area (Å²) in [5.74, 6) is -2.83. The fourth-order valence-electron chi connectivity index (χ4n) is 2.52. The van der Waals surface area contributed by atoms with Crippen LogP contribution in [0.2, 0.25) is 0 Å². The zero-order valence-electron chi connectivity index (χ0n) is 14.3. The van der Waals surface area contributed by atoms with Crippen molar-refractivity contribution >= 4 is 35.6 Å². The first-order chi connectivity index (χ1) is 13.4. The second kappa shape index (κ2) is 7.62. The van der Waals surface area contributed by atoms with Gasteiger partial charge in [0.1, 0.15) is 17.1 Å². The summed E-state index contributed by atoms with van der Waals surface area (Å²) >= 11 is 0. The second-order valence-electron chi connectivity index (χ2n) is 5.69. The monoisotopic (exact) mass is 382 g/mol. The van der Waals surface area contributed by atoms with Crippen LogP contribution in [0.5, 0.6) is 11.5 Å². The predicted octanol–water partition coefficient (Wildman–Crippen LogP) is 1.52. The molecule has 1 saturated heterocycles. The van der Waals surface area contributed by atoms with E-state index in [0.29, 0.717) is 5.56 Å². The summed E-state index contributed by atoms with van der Waals surface area (Å²) in [5, 5.41) is 20.2. The number of phenolic OH excluding ortho intramolecular Hbond substituents is 1. The maximum absolute atomic E-state index is 12.8. The smallest absolute Gasteiger partial charge is 0.341 e. The lowest BCUT2D eigenvalue weighted by Crippen LogP contribution is -2.54. The number of ether oxygens (including phenoxy) is 1. The van der Waals surface area contributed by atoms with Gasteiger partial charge >= 0.3 is 12.0 Å². The number of carboxylic acids is 1. The summed E-state index contributed by atoms with van der Waals surface area (Å²) in [6.45, 7) is -0.599. The largest absolute Gasteiger partial charge is 0.508 e. The highest BCUT2D eigenvalue weighted by Gasteiger charge is 2.36. The molecule has 1 aliphatic rings. The molecule has 142 valence electrons. The molecule has 0 saturated carbocycles. The lowest BCUT2D eigenvalue weighted by atomic mass is 10.1. The molecule has 0 unspecified atom stereocenters. The van der Waals surface area contributed by atoms with Gasteiger partial charge in [-0.25, -0.2) is 14.5 Å². The average molecular weight is 382 g/mol. The number of carbonyl (C=O) groups excluding carboxylic acids is 3. The van der Waals surface area contributed by atoms with Crippen LogP contribution in [0.15, 0.2) is 54.1 Å². The molecule has 28 heavy (non-hydrogen) atoms. The van der Waals surface area contributed by atoms with Crippen LogP contribution in [-0.4, -0.2) is 40.6 Å². The van der Waals surface area contributed by atoms with E-state index in [1.807, 2.05) is 0 Å². The van der Waals surface area contributed by atoms with Crippen LogP contribution < -0.4 is 15.0 Å². The molecule has 3 N–H and O–H groups in total. The van der Waals surface area contributed by atoms with Gasteiger partial charge in [0.05, 0.1) is 5.69 Å². The number of aliphatic carboxylic acids is 1. The van der Waals surface area contributed by atoms with E-state index in [2.05, 4.69) is 5.32 Å². The number of amides is 4. The van der Waals surface area contributed by atoms with Crippen molar-refractivity contribution in [1.82, 2.24) is 5.32 Å². The number of imide groups is 2. The van der Waals surface area contributed by atoms with Crippen molar-refractivity contribution in [2.45, 2.75) is 0 Å². The van der Waals surface area contributed by atoms with Crippen LogP contribution in [-0.2, 0) is 14.4 Å². The van der Waals surface area contributed by atoms with Crippen LogP contribution in [0.25, 0.3) is 6.08 Å². The Morgan fingerprint density at radius 2 is 1.75 bits per heavy atom. The number of hydrogen-bond acceptors (Lipinski definition) is 6. The van der Waals surface area contributed by atoms with E-state index in [0.717, 1.165) is 4.90 Å². The van der Waals surface area contributed by atoms with Gasteiger partial charge in [-0.15, -0.1) is 0 Å². The Morgan fingerprint density at radius 3 is 2.43 bits per heavy atom. The van der Waals surface area contributed by atoms with Gasteiger partial charge in [-0.3, -0.25) is 14.9 Å². The Kier molecular flexibility index (Phi) is 5.07. The minimum absolute atomic E-state index is 0.0510. The first kappa shape index (κ1) is 18.6. The van der Waals surface area contributed by atoms with E-state index in [1.165, 1.54) is 42.5 Å². The van der Waals surface area contributed by atoms with Crippen LogP contribution in [0, 0.1) is 0 Å². The zero-order chi connectivity index (χ0) is 20.3. The fourth-order valence-corrected chi connectivity index (χ4v) is 2.52. The third kappa shape index (κ3) is 3.83. The van der Waals surface area contributed by atoms with Gasteiger partial charge in [0.25, 0.3) is 11.8 Å². The summed E-state index contributed by atoms with van der Waals surface area (Å²) in [5.41, 5.74) is 0.121. The first-order valence-electron chi connectivity index (χ1n) is 8.01. The number of benzene rings is 2. The maximum atomic E-state index is 12.8. The van der Waals surface area contributed by atoms with Gasteiger partial charge in [-0.05, 0) is 36.4 Å². The second-order valence-corrected chi connectivity index (χ2v) is 5.69. The molecule has 1 aliphatic heterocycles. The number of carbonyl (C=O) groups is 4. The van der Waals surface area contributed by atoms with Gasteiger partial charge in [0.15, 0.2) is 6.61 Å². The maximum Gasteiger partial charge on any atom is 0.341 e. The molecule has 0 spiro atoms. The summed E-state index contributed by atoms with van der Waals surface area (Å²) in [6.07, 6.45) is 1.22. The Morgan fingerprint density at radius 1 is 1.07 bits per heavy atom. The van der Waals surface area contributed by atoms with Gasteiger partial charge in [-0.2, -0.15) is 0 Å². The van der Waals surface area contributed by atoms with Crippen molar-refractivity contribution in [3.63, 3.8) is 0 Å². The summed E-state index contributed by atoms with van der Waals surface area (Å²) in [6, 6.07) is 10.6. The molecule has 3 rings (SSSR count). The number of para-hydroxylation sites is 1. The number of nitrogens with zero attached hydrogens (tertiary/aromatic N) is 1. The lowest BCUT2D eigenvalue weighted by Gasteiger charge is -2.26. The highest BCUT2D eigenvalue weighted by atomic mass is 16.5. The van der Waals surface area contributed by atoms with Gasteiger partial charge < -0.3 is 14.9 Å². The van der Waals surface area contributed by atoms with Crippen LogP contribution in [0.4, 0.5) is 10.5 Å². The van der Waals surface area contributed by atoms with Crippen molar-refractivity contribution < 1.29 is 34.1 Å². The summed E-state index contributed by atoms with van der Waals surface area (Å²) in [7, 11) is 0. The number of nitrogens with one attached hydrogen (secondary N) is 1. The molecule has 0 aliphatic carbocycles. The van der Waals surface area contributed by atoms with Gasteiger partial charge in [0, 0.05) is 5.56 Å². The van der Waals surface area contributed by atoms with Gasteiger partial charge in [-0.1, -0.05) is 18.2 Å². The summed E-state index contributed by atoms with van der Waals surface area (Å²) in [4.78, 5) is 48.6. The Balaban J connectivity index is 1.98. The van der Waals surface area contributed by atoms with Crippen molar-refractivity contribution in [3.8, 4) is 11.5 Å². The Bertz CT molecular complexity index is 996. The highest BCUT2D eigenvalue weighted by Crippen LogP contribution is 2.26. The third-order valence-electron chi connectivity index (χ3n) is 3.78. The topological polar surface area (TPSA) is 133 Å². The molecule has 9 nitrogen and oxygen atoms in total. The van der Waals surface area contributed by atoms with E-state index < -0.39 is 30.4 Å². The van der Waals surface area contributed by atoms with E-state index in [9.17, 15) is 24.3 Å². The van der Waals surface area contributed by atoms with Crippen LogP contribution in [0.3, 0.4) is 0 Å². The Labute approximate surface area is 158 Å². The molecular formula is C19H14N2O7. The number of barbiturate groups is 1. The molecule has 0 bridgehead atoms. The molecule has 9 heteroatoms. The van der Waals surface area contributed by atoms with E-state index >= 15 is 0 Å². The Hall–Kier alpha value is -4.14. The minimum Gasteiger partial charge on any atom is -0.508 e. The highest BCUT2D eigenvalue weighted by molar-refractivity contribution is 6.39. The minimum atomic E-state index is -1.18. The van der Waals surface area contributed by atoms with Crippen LogP contribution >= 0.6 is 0 Å². The van der Waals surface area contributed by atoms with Crippen molar-refractivity contribution in [2.24, 2.45) is 0 Å². The number of urea groups is 1. The zero-order valence-corrected chi connectivity index (χ0v) is 14.3. The predicted molar refractivity (Wildman–Crippen MR) is 96.7 cm³/mol. The SMILES string of the molecule is O=C(O)COc1ccccc1/C=C1/C(=O)NC(=O)N(c2ccc(O)cc2)C1=O. The summed E-state index contributed by atoms with van der Waals surface area (Å²) < 4.78 is 5.16. The standard InChI is InChI=1S/C19H14N2O7/c22-13-7-5-12(6-8-13)21-18(26)14(17(25)20-19(21)27)9-11-3-1-2-4-15(11)28-10-16(23)24/h1-9,22H,10H2,(H,23,24)(H,20,25,27)/b14-9-. The fraction of sp³-hybridized carbons (Fsp3) is 0.0526. The first-order valence-corrected chi connectivity index (χ1v) is 8.01. The van der Waals surface area contributed by atoms with Crippen molar-refractivity contribution in [1.29, 1.82) is 0 Å². The molecule has 1 fully saturated rings. The number of phenols is 1. The molecule has 0 atom stereocenters. The van der Waals surface area contributed by atoms with Gasteiger partial charge in [0.2, 0.25) is 0 Å². The molecule has 2 aromatic carbocycles. The number of anilines is 1. The van der Waals surface area contributed by atoms with E-state index in [-0.39, 0.29) is 22.8 Å². The number of carboxylic acid groups (broad SMARTS) is 1. The normalized spacial score (nSPS) is 15.5. The number of aromatic hydroxyl groups is 1. The average Bonchev–Trinajstić information content (AvgIpc) is 2.65. The van der Waals surface area contributed by atoms with Crippen molar-refractivity contribution in [2.75, 3.05) is 11.5 Å². The third-order valence-corrected chi connectivity index (χ3v) is 3.78. The molecule has 0 radical (unpaired) electrons. The lowest BCUT2D eigenvalue weighted by molar-refractivity contribution is -0.139. The van der Waals surface area contributed by atoms with Crippen molar-refractivity contribution in [3.05, 3.63) is 59.7 Å². The molecule has 0 aromatic heterocycles. The number of hydrogen-bond donors (Lipinski definition) is 3. The molecule has 4 amide bonds. The molecule has 1 heterocycles. The number of rotatable bonds is 5. The molecular weight excluding hydrogens is 368 g/mol. The quantitative estimate of drug-likeness (QED) is 0.527.